The van der Waals surface area contributed by atoms with Gasteiger partial charge in [-0.2, -0.15) is 30.0 Å². The molecule has 21 nitrogen and oxygen atoms in total. The van der Waals surface area contributed by atoms with Crippen LogP contribution in [0.3, 0.4) is 0 Å². The van der Waals surface area contributed by atoms with Crippen molar-refractivity contribution in [3.63, 3.8) is 0 Å². The third-order valence-corrected chi connectivity index (χ3v) is 6.39. The SMILES string of the molecule is CO[C@H]1O[C@H](C(=O)O)[C@H](O[C@H]2O[C@H](CO)[C@@H](O)[C@H](OS(=O)(=O)O)[C@H]2NS(=O)(=O)O)[C@@H](O)[C@@H]1OS(=O)(=O)O. The Kier molecular flexibility index (Phi) is 10.3. The molecule has 10 atom stereocenters. The molecule has 0 aromatic carbocycles. The van der Waals surface area contributed by atoms with Crippen molar-refractivity contribution < 1.29 is 91.4 Å². The van der Waals surface area contributed by atoms with Crippen molar-refractivity contribution in [2.24, 2.45) is 0 Å². The van der Waals surface area contributed by atoms with Crippen LogP contribution < -0.4 is 4.72 Å². The van der Waals surface area contributed by atoms with Gasteiger partial charge in [-0.1, -0.05) is 0 Å². The van der Waals surface area contributed by atoms with Gasteiger partial charge in [0.15, 0.2) is 24.8 Å². The molecule has 0 bridgehead atoms. The van der Waals surface area contributed by atoms with Crippen LogP contribution in [-0.2, 0) is 63.2 Å². The number of hydrogen-bond acceptors (Lipinski definition) is 16. The number of nitrogens with one attached hydrogen (secondary N) is 1. The average Bonchev–Trinajstić information content (AvgIpc) is 2.72. The molecule has 37 heavy (non-hydrogen) atoms. The van der Waals surface area contributed by atoms with E-state index in [1.165, 1.54) is 4.72 Å². The smallest absolute Gasteiger partial charge is 0.397 e. The molecule has 0 radical (unpaired) electrons. The zero-order valence-corrected chi connectivity index (χ0v) is 20.6. The van der Waals surface area contributed by atoms with Gasteiger partial charge in [-0.25, -0.2) is 13.2 Å². The summed E-state index contributed by atoms with van der Waals surface area (Å²) in [4.78, 5) is 11.8. The highest BCUT2D eigenvalue weighted by atomic mass is 32.3. The number of aliphatic hydroxyl groups excluding tert-OH is 3. The van der Waals surface area contributed by atoms with Crippen molar-refractivity contribution in [3.05, 3.63) is 0 Å². The van der Waals surface area contributed by atoms with Crippen molar-refractivity contribution in [3.8, 4) is 0 Å². The Bertz CT molecular complexity index is 1120. The minimum atomic E-state index is -5.48. The van der Waals surface area contributed by atoms with Gasteiger partial charge in [0.1, 0.15) is 36.6 Å². The number of rotatable bonds is 11. The average molecular weight is 610 g/mol. The zero-order chi connectivity index (χ0) is 28.5. The predicted molar refractivity (Wildman–Crippen MR) is 107 cm³/mol. The first-order valence-corrected chi connectivity index (χ1v) is 13.7. The van der Waals surface area contributed by atoms with Crippen LogP contribution >= 0.6 is 0 Å². The summed E-state index contributed by atoms with van der Waals surface area (Å²) in [7, 11) is -15.3. The van der Waals surface area contributed by atoms with Crippen LogP contribution in [-0.4, -0.2) is 140 Å². The maximum atomic E-state index is 11.8. The van der Waals surface area contributed by atoms with Gasteiger partial charge in [-0.3, -0.25) is 13.7 Å². The van der Waals surface area contributed by atoms with Gasteiger partial charge in [0.2, 0.25) is 0 Å². The molecular formula is C13H23NO20S3. The van der Waals surface area contributed by atoms with Crippen LogP contribution in [0.2, 0.25) is 0 Å². The summed E-state index contributed by atoms with van der Waals surface area (Å²) in [5, 5.41) is 39.8. The zero-order valence-electron chi connectivity index (χ0n) is 18.1. The Morgan fingerprint density at radius 2 is 1.41 bits per heavy atom. The standard InChI is InChI=1S/C13H23NO20S3/c1-29-13-9(34-37(26,27)28)6(17)8(10(32-13)11(18)19)31-12-4(14-35(20,21)22)7(33-36(23,24)25)5(16)3(2-15)30-12/h3-10,12-17H,2H2,1H3,(H,18,19)(H,20,21,22)(H,23,24,25)(H,26,27,28)/t3-,4-,5-,6-,7-,8-,9+,10+,12-,13+/m1/s1. The normalized spacial score (nSPS) is 37.8. The van der Waals surface area contributed by atoms with E-state index in [4.69, 9.17) is 28.1 Å². The molecule has 2 heterocycles. The first kappa shape index (κ1) is 32.0. The van der Waals surface area contributed by atoms with Crippen molar-refractivity contribution in [2.45, 2.75) is 61.3 Å². The largest absolute Gasteiger partial charge is 0.479 e. The van der Waals surface area contributed by atoms with E-state index in [-0.39, 0.29) is 0 Å². The lowest BCUT2D eigenvalue weighted by atomic mass is 9.96. The van der Waals surface area contributed by atoms with Gasteiger partial charge in [0.05, 0.1) is 6.61 Å². The minimum absolute atomic E-state index is 0.874. The molecule has 0 saturated carbocycles. The van der Waals surface area contributed by atoms with Gasteiger partial charge >= 0.3 is 37.1 Å². The Morgan fingerprint density at radius 1 is 0.865 bits per heavy atom. The van der Waals surface area contributed by atoms with E-state index in [0.29, 0.717) is 0 Å². The topological polar surface area (TPSA) is 329 Å². The van der Waals surface area contributed by atoms with Gasteiger partial charge in [-0.15, -0.1) is 0 Å². The fourth-order valence-electron chi connectivity index (χ4n) is 3.50. The van der Waals surface area contributed by atoms with Gasteiger partial charge < -0.3 is 39.4 Å². The van der Waals surface area contributed by atoms with E-state index in [9.17, 15) is 55.0 Å². The Morgan fingerprint density at radius 3 is 1.84 bits per heavy atom. The second-order valence-electron chi connectivity index (χ2n) is 7.40. The lowest BCUT2D eigenvalue weighted by molar-refractivity contribution is -0.333. The van der Waals surface area contributed by atoms with Crippen LogP contribution in [0.25, 0.3) is 0 Å². The van der Waals surface area contributed by atoms with Gasteiger partial charge in [0, 0.05) is 7.11 Å². The van der Waals surface area contributed by atoms with Crippen molar-refractivity contribution in [1.82, 2.24) is 4.72 Å². The number of carboxylic acids is 1. The first-order chi connectivity index (χ1) is 16.8. The summed E-state index contributed by atoms with van der Waals surface area (Å²) < 4.78 is 125. The third-order valence-electron chi connectivity index (χ3n) is 4.89. The van der Waals surface area contributed by atoms with Crippen molar-refractivity contribution >= 4 is 37.1 Å². The summed E-state index contributed by atoms with van der Waals surface area (Å²) in [6.45, 7) is -1.14. The van der Waals surface area contributed by atoms with Crippen molar-refractivity contribution in [1.29, 1.82) is 0 Å². The summed E-state index contributed by atoms with van der Waals surface area (Å²) in [5.74, 6) is -1.89. The fraction of sp³-hybridized carbons (Fsp3) is 0.923. The number of carbonyl (C=O) groups is 1. The first-order valence-electron chi connectivity index (χ1n) is 9.53. The van der Waals surface area contributed by atoms with E-state index < -0.39 is 105 Å². The molecular weight excluding hydrogens is 586 g/mol. The van der Waals surface area contributed by atoms with Gasteiger partial charge in [0.25, 0.3) is 0 Å². The van der Waals surface area contributed by atoms with E-state index in [1.54, 1.807) is 0 Å². The van der Waals surface area contributed by atoms with Crippen LogP contribution in [0.5, 0.6) is 0 Å². The molecule has 0 aromatic heterocycles. The lowest BCUT2D eigenvalue weighted by Crippen LogP contribution is -2.68. The van der Waals surface area contributed by atoms with Crippen LogP contribution in [0, 0.1) is 0 Å². The predicted octanol–water partition coefficient (Wildman–Crippen LogP) is -5.60. The monoisotopic (exact) mass is 609 g/mol. The summed E-state index contributed by atoms with van der Waals surface area (Å²) in [6.07, 6.45) is -20.1. The quantitative estimate of drug-likeness (QED) is 0.101. The summed E-state index contributed by atoms with van der Waals surface area (Å²) >= 11 is 0. The molecule has 0 aromatic rings. The maximum absolute atomic E-state index is 11.8. The number of methoxy groups -OCH3 is 1. The molecule has 0 unspecified atom stereocenters. The Labute approximate surface area is 208 Å². The molecule has 2 saturated heterocycles. The molecule has 24 heteroatoms. The fourth-order valence-corrected chi connectivity index (χ4v) is 5.09. The summed E-state index contributed by atoms with van der Waals surface area (Å²) in [5.41, 5.74) is 0. The lowest BCUT2D eigenvalue weighted by Gasteiger charge is -2.46. The molecule has 2 aliphatic rings. The van der Waals surface area contributed by atoms with E-state index in [2.05, 4.69) is 8.37 Å². The number of aliphatic carboxylic acids is 1. The van der Waals surface area contributed by atoms with E-state index >= 15 is 0 Å². The van der Waals surface area contributed by atoms with Crippen LogP contribution in [0.15, 0.2) is 0 Å². The minimum Gasteiger partial charge on any atom is -0.479 e. The summed E-state index contributed by atoms with van der Waals surface area (Å²) in [6, 6.07) is -2.36. The Balaban J connectivity index is 2.54. The van der Waals surface area contributed by atoms with E-state index in [0.717, 1.165) is 7.11 Å². The van der Waals surface area contributed by atoms with Crippen LogP contribution in [0.4, 0.5) is 0 Å². The van der Waals surface area contributed by atoms with Crippen molar-refractivity contribution in [2.75, 3.05) is 13.7 Å². The highest BCUT2D eigenvalue weighted by molar-refractivity contribution is 7.83. The maximum Gasteiger partial charge on any atom is 0.397 e. The third kappa shape index (κ3) is 8.65. The number of carboxylic acid groups (broad SMARTS) is 1. The van der Waals surface area contributed by atoms with E-state index in [1.807, 2.05) is 0 Å². The highest BCUT2D eigenvalue weighted by Crippen LogP contribution is 2.32. The Hall–Kier alpha value is -1.20. The molecule has 0 amide bonds. The van der Waals surface area contributed by atoms with Gasteiger partial charge in [-0.05, 0) is 0 Å². The molecule has 0 aliphatic carbocycles. The number of ether oxygens (including phenoxy) is 4. The highest BCUT2D eigenvalue weighted by Gasteiger charge is 2.56. The molecule has 8 N–H and O–H groups in total. The van der Waals surface area contributed by atoms with Crippen LogP contribution in [0.1, 0.15) is 0 Å². The molecule has 2 fully saturated rings. The molecule has 2 rings (SSSR count). The molecule has 2 aliphatic heterocycles. The molecule has 218 valence electrons. The number of aliphatic hydroxyl groups is 3. The molecule has 0 spiro atoms. The second-order valence-corrected chi connectivity index (χ2v) is 10.7. The second kappa shape index (κ2) is 11.9. The number of hydrogen-bond donors (Lipinski definition) is 8.